The standard InChI is InChI=1S/C15H17NO4/c1-11-3-2-4-13(7-11)19-6-5-16-9-14-8-12(10-20-14)15(17)18/h2-4,7-8,10,16H,5-6,9H2,1H3,(H,17,18). The molecule has 0 aliphatic carbocycles. The van der Waals surface area contributed by atoms with Crippen LogP contribution < -0.4 is 10.1 Å². The Morgan fingerprint density at radius 3 is 2.95 bits per heavy atom. The summed E-state index contributed by atoms with van der Waals surface area (Å²) in [5.41, 5.74) is 1.32. The van der Waals surface area contributed by atoms with E-state index < -0.39 is 5.97 Å². The fourth-order valence-electron chi connectivity index (χ4n) is 1.74. The second kappa shape index (κ2) is 6.77. The van der Waals surface area contributed by atoms with Crippen molar-refractivity contribution in [2.45, 2.75) is 13.5 Å². The fraction of sp³-hybridized carbons (Fsp3) is 0.267. The summed E-state index contributed by atoms with van der Waals surface area (Å²) in [7, 11) is 0. The Balaban J connectivity index is 1.67. The highest BCUT2D eigenvalue weighted by atomic mass is 16.5. The van der Waals surface area contributed by atoms with Crippen LogP contribution in [0.15, 0.2) is 41.0 Å². The number of furan rings is 1. The SMILES string of the molecule is Cc1cccc(OCCNCc2cc(C(=O)O)co2)c1. The highest BCUT2D eigenvalue weighted by Gasteiger charge is 2.07. The van der Waals surface area contributed by atoms with Gasteiger partial charge in [-0.25, -0.2) is 4.79 Å². The largest absolute Gasteiger partial charge is 0.492 e. The Morgan fingerprint density at radius 2 is 2.25 bits per heavy atom. The van der Waals surface area contributed by atoms with Crippen molar-refractivity contribution in [3.63, 3.8) is 0 Å². The Kier molecular flexibility index (Phi) is 4.79. The average molecular weight is 275 g/mol. The van der Waals surface area contributed by atoms with Crippen LogP contribution in [0.4, 0.5) is 0 Å². The lowest BCUT2D eigenvalue weighted by atomic mass is 10.2. The van der Waals surface area contributed by atoms with E-state index in [0.29, 0.717) is 25.5 Å². The first-order chi connectivity index (χ1) is 9.65. The van der Waals surface area contributed by atoms with Gasteiger partial charge in [0.25, 0.3) is 0 Å². The first kappa shape index (κ1) is 14.1. The summed E-state index contributed by atoms with van der Waals surface area (Å²) in [5.74, 6) is 0.457. The molecule has 0 fully saturated rings. The van der Waals surface area contributed by atoms with Crippen molar-refractivity contribution in [2.75, 3.05) is 13.2 Å². The van der Waals surface area contributed by atoms with E-state index in [1.165, 1.54) is 12.3 Å². The summed E-state index contributed by atoms with van der Waals surface area (Å²) in [5, 5.41) is 11.9. The third kappa shape index (κ3) is 4.13. The van der Waals surface area contributed by atoms with Crippen LogP contribution in [0.25, 0.3) is 0 Å². The number of aromatic carboxylic acids is 1. The van der Waals surface area contributed by atoms with E-state index >= 15 is 0 Å². The highest BCUT2D eigenvalue weighted by Crippen LogP contribution is 2.12. The van der Waals surface area contributed by atoms with E-state index in [1.54, 1.807) is 0 Å². The number of rotatable bonds is 7. The Morgan fingerprint density at radius 1 is 1.40 bits per heavy atom. The predicted molar refractivity (Wildman–Crippen MR) is 74.0 cm³/mol. The van der Waals surface area contributed by atoms with Gasteiger partial charge in [0.2, 0.25) is 0 Å². The molecule has 5 nitrogen and oxygen atoms in total. The lowest BCUT2D eigenvalue weighted by Crippen LogP contribution is -2.20. The van der Waals surface area contributed by atoms with Crippen LogP contribution in [-0.2, 0) is 6.54 Å². The van der Waals surface area contributed by atoms with E-state index in [0.717, 1.165) is 11.3 Å². The monoisotopic (exact) mass is 275 g/mol. The number of benzene rings is 1. The van der Waals surface area contributed by atoms with Gasteiger partial charge in [-0.05, 0) is 30.7 Å². The molecular formula is C15H17NO4. The molecule has 0 saturated carbocycles. The third-order valence-electron chi connectivity index (χ3n) is 2.74. The Hall–Kier alpha value is -2.27. The molecule has 0 aliphatic heterocycles. The van der Waals surface area contributed by atoms with Gasteiger partial charge in [-0.2, -0.15) is 0 Å². The van der Waals surface area contributed by atoms with E-state index in [4.69, 9.17) is 14.3 Å². The van der Waals surface area contributed by atoms with Crippen molar-refractivity contribution in [1.82, 2.24) is 5.32 Å². The summed E-state index contributed by atoms with van der Waals surface area (Å²) in [6.45, 7) is 3.68. The molecule has 106 valence electrons. The molecule has 0 unspecified atom stereocenters. The van der Waals surface area contributed by atoms with Gasteiger partial charge in [-0.3, -0.25) is 0 Å². The number of hydrogen-bond donors (Lipinski definition) is 2. The molecule has 0 atom stereocenters. The molecule has 2 aromatic rings. The van der Waals surface area contributed by atoms with E-state index in [-0.39, 0.29) is 5.56 Å². The molecule has 1 aromatic heterocycles. The number of hydrogen-bond acceptors (Lipinski definition) is 4. The minimum atomic E-state index is -0.984. The molecule has 0 spiro atoms. The fourth-order valence-corrected chi connectivity index (χ4v) is 1.74. The van der Waals surface area contributed by atoms with Crippen molar-refractivity contribution in [1.29, 1.82) is 0 Å². The van der Waals surface area contributed by atoms with E-state index in [2.05, 4.69) is 5.32 Å². The van der Waals surface area contributed by atoms with Crippen molar-refractivity contribution >= 4 is 5.97 Å². The van der Waals surface area contributed by atoms with Crippen LogP contribution in [0.2, 0.25) is 0 Å². The van der Waals surface area contributed by atoms with Gasteiger partial charge in [0.15, 0.2) is 0 Å². The zero-order chi connectivity index (χ0) is 14.4. The molecule has 20 heavy (non-hydrogen) atoms. The van der Waals surface area contributed by atoms with Crippen LogP contribution in [-0.4, -0.2) is 24.2 Å². The van der Waals surface area contributed by atoms with Gasteiger partial charge in [0, 0.05) is 6.54 Å². The minimum Gasteiger partial charge on any atom is -0.492 e. The van der Waals surface area contributed by atoms with Crippen LogP contribution in [0.5, 0.6) is 5.75 Å². The normalized spacial score (nSPS) is 10.4. The number of aryl methyl sites for hydroxylation is 1. The Labute approximate surface area is 117 Å². The lowest BCUT2D eigenvalue weighted by molar-refractivity contribution is 0.0696. The molecule has 0 bridgehead atoms. The molecule has 5 heteroatoms. The molecule has 2 N–H and O–H groups in total. The molecule has 0 radical (unpaired) electrons. The maximum absolute atomic E-state index is 10.7. The predicted octanol–water partition coefficient (Wildman–Crippen LogP) is 2.45. The van der Waals surface area contributed by atoms with Crippen LogP contribution in [0, 0.1) is 6.92 Å². The maximum Gasteiger partial charge on any atom is 0.338 e. The zero-order valence-electron chi connectivity index (χ0n) is 11.3. The topological polar surface area (TPSA) is 71.7 Å². The zero-order valence-corrected chi connectivity index (χ0v) is 11.3. The van der Waals surface area contributed by atoms with Gasteiger partial charge in [-0.1, -0.05) is 12.1 Å². The van der Waals surface area contributed by atoms with Gasteiger partial charge in [-0.15, -0.1) is 0 Å². The smallest absolute Gasteiger partial charge is 0.338 e. The van der Waals surface area contributed by atoms with E-state index in [1.807, 2.05) is 31.2 Å². The van der Waals surface area contributed by atoms with Crippen molar-refractivity contribution in [3.8, 4) is 5.75 Å². The van der Waals surface area contributed by atoms with Crippen molar-refractivity contribution < 1.29 is 19.1 Å². The maximum atomic E-state index is 10.7. The van der Waals surface area contributed by atoms with Crippen LogP contribution >= 0.6 is 0 Å². The Bertz CT molecular complexity index is 577. The molecule has 1 aromatic carbocycles. The molecule has 0 saturated heterocycles. The highest BCUT2D eigenvalue weighted by molar-refractivity contribution is 5.87. The number of carboxylic acids is 1. The van der Waals surface area contributed by atoms with Crippen LogP contribution in [0.1, 0.15) is 21.7 Å². The first-order valence-electron chi connectivity index (χ1n) is 6.36. The second-order valence-corrected chi connectivity index (χ2v) is 4.45. The number of ether oxygens (including phenoxy) is 1. The van der Waals surface area contributed by atoms with Gasteiger partial charge in [0.05, 0.1) is 12.1 Å². The average Bonchev–Trinajstić information content (AvgIpc) is 2.87. The van der Waals surface area contributed by atoms with Gasteiger partial charge >= 0.3 is 5.97 Å². The van der Waals surface area contributed by atoms with Gasteiger partial charge < -0.3 is 19.6 Å². The van der Waals surface area contributed by atoms with Gasteiger partial charge in [0.1, 0.15) is 24.4 Å². The summed E-state index contributed by atoms with van der Waals surface area (Å²) in [6.07, 6.45) is 1.24. The molecule has 0 amide bonds. The molecule has 1 heterocycles. The molecular weight excluding hydrogens is 258 g/mol. The van der Waals surface area contributed by atoms with Crippen LogP contribution in [0.3, 0.4) is 0 Å². The minimum absolute atomic E-state index is 0.165. The van der Waals surface area contributed by atoms with Crippen molar-refractivity contribution in [3.05, 3.63) is 53.5 Å². The second-order valence-electron chi connectivity index (χ2n) is 4.45. The van der Waals surface area contributed by atoms with E-state index in [9.17, 15) is 4.79 Å². The number of nitrogens with one attached hydrogen (secondary N) is 1. The quantitative estimate of drug-likeness (QED) is 0.759. The molecule has 2 rings (SSSR count). The first-order valence-corrected chi connectivity index (χ1v) is 6.36. The lowest BCUT2D eigenvalue weighted by Gasteiger charge is -2.07. The summed E-state index contributed by atoms with van der Waals surface area (Å²) >= 11 is 0. The van der Waals surface area contributed by atoms with Crippen molar-refractivity contribution in [2.24, 2.45) is 0 Å². The number of carbonyl (C=O) groups is 1. The summed E-state index contributed by atoms with van der Waals surface area (Å²) in [4.78, 5) is 10.7. The number of carboxylic acid groups (broad SMARTS) is 1. The summed E-state index contributed by atoms with van der Waals surface area (Å²) < 4.78 is 10.7. The molecule has 0 aliphatic rings. The summed E-state index contributed by atoms with van der Waals surface area (Å²) in [6, 6.07) is 9.37. The third-order valence-corrected chi connectivity index (χ3v) is 2.74.